The highest BCUT2D eigenvalue weighted by Gasteiger charge is 2.41. The molecule has 0 heterocycles. The van der Waals surface area contributed by atoms with Crippen molar-refractivity contribution in [3.8, 4) is 0 Å². The van der Waals surface area contributed by atoms with Gasteiger partial charge in [0, 0.05) is 23.9 Å². The molecule has 0 aromatic rings. The van der Waals surface area contributed by atoms with Crippen LogP contribution in [0.3, 0.4) is 0 Å². The Balaban J connectivity index is 0.00000220. The molecular weight excluding hydrogens is 304 g/mol. The van der Waals surface area contributed by atoms with Crippen molar-refractivity contribution < 1.29 is 4.79 Å². The van der Waals surface area contributed by atoms with Crippen LogP contribution in [0.5, 0.6) is 0 Å². The third-order valence-electron chi connectivity index (χ3n) is 5.21. The van der Waals surface area contributed by atoms with Crippen LogP contribution < -0.4 is 5.73 Å². The van der Waals surface area contributed by atoms with Gasteiger partial charge in [0.1, 0.15) is 0 Å². The lowest BCUT2D eigenvalue weighted by atomic mass is 9.74. The van der Waals surface area contributed by atoms with Crippen LogP contribution >= 0.6 is 24.2 Å². The molecule has 0 aromatic heterocycles. The number of carbonyl (C=O) groups excluding carboxylic acids is 1. The van der Waals surface area contributed by atoms with Crippen LogP contribution in [0.1, 0.15) is 58.8 Å². The number of nitrogens with two attached hydrogens (primary N) is 1. The number of halogens is 1. The second kappa shape index (κ2) is 8.07. The lowest BCUT2D eigenvalue weighted by Crippen LogP contribution is -2.54. The maximum absolute atomic E-state index is 12.8. The van der Waals surface area contributed by atoms with Gasteiger partial charge in [-0.2, -0.15) is 11.8 Å². The molecule has 2 aliphatic carbocycles. The van der Waals surface area contributed by atoms with E-state index in [1.807, 2.05) is 23.7 Å². The van der Waals surface area contributed by atoms with Gasteiger partial charge in [-0.3, -0.25) is 4.79 Å². The van der Waals surface area contributed by atoms with Crippen LogP contribution in [0.15, 0.2) is 0 Å². The van der Waals surface area contributed by atoms with E-state index >= 15 is 0 Å². The molecule has 1 amide bonds. The number of rotatable bonds is 4. The first-order valence-corrected chi connectivity index (χ1v) is 9.17. The van der Waals surface area contributed by atoms with E-state index in [2.05, 4.69) is 13.8 Å². The quantitative estimate of drug-likeness (QED) is 0.856. The van der Waals surface area contributed by atoms with Crippen LogP contribution in [-0.4, -0.2) is 40.4 Å². The Bertz CT molecular complexity index is 351. The molecule has 124 valence electrons. The minimum atomic E-state index is -0.306. The summed E-state index contributed by atoms with van der Waals surface area (Å²) < 4.78 is 0. The van der Waals surface area contributed by atoms with Crippen molar-refractivity contribution in [2.24, 2.45) is 11.7 Å². The molecule has 2 fully saturated rings. The highest BCUT2D eigenvalue weighted by Crippen LogP contribution is 2.36. The van der Waals surface area contributed by atoms with Crippen LogP contribution in [0.25, 0.3) is 0 Å². The number of amides is 1. The molecule has 4 atom stereocenters. The highest BCUT2D eigenvalue weighted by atomic mass is 35.5. The first-order chi connectivity index (χ1) is 9.45. The van der Waals surface area contributed by atoms with Crippen molar-refractivity contribution >= 4 is 30.1 Å². The zero-order chi connectivity index (χ0) is 14.8. The van der Waals surface area contributed by atoms with Crippen molar-refractivity contribution in [3.05, 3.63) is 0 Å². The topological polar surface area (TPSA) is 46.3 Å². The fourth-order valence-corrected chi connectivity index (χ4v) is 4.98. The third-order valence-corrected chi connectivity index (χ3v) is 6.44. The monoisotopic (exact) mass is 334 g/mol. The minimum Gasteiger partial charge on any atom is -0.342 e. The summed E-state index contributed by atoms with van der Waals surface area (Å²) in [5, 5.41) is 0.746. The molecule has 2 N–H and O–H groups in total. The first-order valence-electron chi connectivity index (χ1n) is 8.13. The zero-order valence-electron chi connectivity index (χ0n) is 13.6. The van der Waals surface area contributed by atoms with Gasteiger partial charge in [-0.25, -0.2) is 0 Å². The minimum absolute atomic E-state index is 0. The van der Waals surface area contributed by atoms with Crippen LogP contribution in [-0.2, 0) is 4.79 Å². The van der Waals surface area contributed by atoms with Gasteiger partial charge < -0.3 is 10.6 Å². The number of thioether (sulfide) groups is 1. The van der Waals surface area contributed by atoms with Crippen LogP contribution in [0.2, 0.25) is 0 Å². The molecule has 0 bridgehead atoms. The third kappa shape index (κ3) is 4.52. The fourth-order valence-electron chi connectivity index (χ4n) is 3.85. The van der Waals surface area contributed by atoms with E-state index in [4.69, 9.17) is 5.73 Å². The average Bonchev–Trinajstić information content (AvgIpc) is 2.86. The van der Waals surface area contributed by atoms with Gasteiger partial charge in [-0.15, -0.1) is 12.4 Å². The van der Waals surface area contributed by atoms with Crippen molar-refractivity contribution in [2.75, 3.05) is 12.8 Å². The smallest absolute Gasteiger partial charge is 0.227 e. The molecule has 2 rings (SSSR count). The van der Waals surface area contributed by atoms with Crippen LogP contribution in [0, 0.1) is 5.92 Å². The standard InChI is InChI=1S/C16H30N2OS.ClH/c1-4-20-13-9-8-12(11-13)18(3)15(19)14-7-5-6-10-16(14,2)17;/h12-14H,4-11,17H2,1-3H3;1H. The van der Waals surface area contributed by atoms with E-state index in [1.165, 1.54) is 18.6 Å². The van der Waals surface area contributed by atoms with Gasteiger partial charge in [0.15, 0.2) is 0 Å². The van der Waals surface area contributed by atoms with Crippen molar-refractivity contribution in [3.63, 3.8) is 0 Å². The predicted octanol–water partition coefficient (Wildman–Crippen LogP) is 3.45. The van der Waals surface area contributed by atoms with E-state index in [0.717, 1.165) is 37.4 Å². The Hall–Kier alpha value is 0.0700. The Morgan fingerprint density at radius 1 is 1.33 bits per heavy atom. The fraction of sp³-hybridized carbons (Fsp3) is 0.938. The molecule has 2 saturated carbocycles. The second-order valence-electron chi connectivity index (χ2n) is 6.80. The SMILES string of the molecule is CCSC1CCC(N(C)C(=O)C2CCCCC2(C)N)C1.Cl. The lowest BCUT2D eigenvalue weighted by molar-refractivity contribution is -0.139. The normalized spacial score (nSPS) is 36.1. The number of hydrogen-bond acceptors (Lipinski definition) is 3. The average molecular weight is 335 g/mol. The van der Waals surface area contributed by atoms with Gasteiger partial charge in [0.25, 0.3) is 0 Å². The molecule has 2 aliphatic rings. The van der Waals surface area contributed by atoms with E-state index < -0.39 is 0 Å². The first kappa shape index (κ1) is 19.1. The number of nitrogens with zero attached hydrogens (tertiary/aromatic N) is 1. The zero-order valence-corrected chi connectivity index (χ0v) is 15.3. The van der Waals surface area contributed by atoms with Gasteiger partial charge in [0.05, 0.1) is 5.92 Å². The van der Waals surface area contributed by atoms with E-state index in [-0.39, 0.29) is 23.9 Å². The summed E-state index contributed by atoms with van der Waals surface area (Å²) in [7, 11) is 2.00. The summed E-state index contributed by atoms with van der Waals surface area (Å²) in [6.45, 7) is 4.28. The van der Waals surface area contributed by atoms with Crippen molar-refractivity contribution in [1.82, 2.24) is 4.90 Å². The van der Waals surface area contributed by atoms with Crippen molar-refractivity contribution in [1.29, 1.82) is 0 Å². The lowest BCUT2D eigenvalue weighted by Gasteiger charge is -2.40. The number of carbonyl (C=O) groups is 1. The highest BCUT2D eigenvalue weighted by molar-refractivity contribution is 7.99. The summed E-state index contributed by atoms with van der Waals surface area (Å²) in [6.07, 6.45) is 7.84. The van der Waals surface area contributed by atoms with Crippen LogP contribution in [0.4, 0.5) is 0 Å². The van der Waals surface area contributed by atoms with Gasteiger partial charge in [-0.1, -0.05) is 19.8 Å². The Kier molecular flexibility index (Phi) is 7.35. The molecule has 3 nitrogen and oxygen atoms in total. The summed E-state index contributed by atoms with van der Waals surface area (Å²) in [6, 6.07) is 0.435. The molecule has 5 heteroatoms. The maximum atomic E-state index is 12.8. The Morgan fingerprint density at radius 3 is 2.67 bits per heavy atom. The van der Waals surface area contributed by atoms with Crippen molar-refractivity contribution in [2.45, 2.75) is 75.6 Å². The maximum Gasteiger partial charge on any atom is 0.227 e. The molecular formula is C16H31ClN2OS. The summed E-state index contributed by atoms with van der Waals surface area (Å²) in [5.41, 5.74) is 6.08. The summed E-state index contributed by atoms with van der Waals surface area (Å²) in [5.74, 6) is 1.50. The molecule has 0 radical (unpaired) electrons. The van der Waals surface area contributed by atoms with E-state index in [9.17, 15) is 4.79 Å². The molecule has 0 aromatic carbocycles. The van der Waals surface area contributed by atoms with E-state index in [1.54, 1.807) is 0 Å². The summed E-state index contributed by atoms with van der Waals surface area (Å²) in [4.78, 5) is 14.8. The second-order valence-corrected chi connectivity index (χ2v) is 8.37. The molecule has 0 saturated heterocycles. The predicted molar refractivity (Wildman–Crippen MR) is 94.1 cm³/mol. The molecule has 4 unspecified atom stereocenters. The Morgan fingerprint density at radius 2 is 2.05 bits per heavy atom. The number of hydrogen-bond donors (Lipinski definition) is 1. The van der Waals surface area contributed by atoms with E-state index in [0.29, 0.717) is 11.9 Å². The summed E-state index contributed by atoms with van der Waals surface area (Å²) >= 11 is 2.04. The largest absolute Gasteiger partial charge is 0.342 e. The van der Waals surface area contributed by atoms with Gasteiger partial charge in [-0.05, 0) is 44.8 Å². The molecule has 0 spiro atoms. The van der Waals surface area contributed by atoms with Gasteiger partial charge >= 0.3 is 0 Å². The Labute approximate surface area is 140 Å². The molecule has 0 aliphatic heterocycles. The molecule has 21 heavy (non-hydrogen) atoms. The van der Waals surface area contributed by atoms with Gasteiger partial charge in [0.2, 0.25) is 5.91 Å².